The smallest absolute Gasteiger partial charge is 0.0998 e. The standard InChI is InChI=1S/C56H48N2/c1-41-25-35-55(43(3)37-41)57(39-53(47-17-9-5-10-18-47)48-19-11-6-12-20-48)51-31-27-45(28-32-51)46-29-33-52(34-30-46)58(56-36-26-42(2)38-44(56)4)40-54(49-21-13-7-14-22-49)50-23-15-8-16-24-50/h5-15,17-23,25,27-35,37-40H,16,24H2,1-4H3/b54-40-. The number of aryl methyl sites for hydroxylation is 2. The predicted octanol–water partition coefficient (Wildman–Crippen LogP) is 14.9. The molecule has 6 aromatic rings. The Labute approximate surface area is 344 Å². The third kappa shape index (κ3) is 8.51. The van der Waals surface area contributed by atoms with Crippen molar-refractivity contribution in [3.05, 3.63) is 256 Å². The van der Waals surface area contributed by atoms with Gasteiger partial charge in [-0.15, -0.1) is 0 Å². The van der Waals surface area contributed by atoms with E-state index in [4.69, 9.17) is 0 Å². The maximum absolute atomic E-state index is 3.49. The van der Waals surface area contributed by atoms with E-state index in [2.05, 4.69) is 243 Å². The Hall–Kier alpha value is -7.08. The lowest BCUT2D eigenvalue weighted by atomic mass is 9.92. The van der Waals surface area contributed by atoms with Crippen molar-refractivity contribution in [3.8, 4) is 11.1 Å². The molecule has 0 saturated heterocycles. The molecule has 0 spiro atoms. The number of rotatable bonds is 11. The maximum Gasteiger partial charge on any atom is 0.0998 e. The zero-order valence-electron chi connectivity index (χ0n) is 33.8. The van der Waals surface area contributed by atoms with Crippen molar-refractivity contribution in [2.24, 2.45) is 0 Å². The lowest BCUT2D eigenvalue weighted by Crippen LogP contribution is -2.18. The lowest BCUT2D eigenvalue weighted by Gasteiger charge is -2.27. The molecule has 6 aromatic carbocycles. The molecule has 2 aliphatic carbocycles. The van der Waals surface area contributed by atoms with Crippen LogP contribution in [0, 0.1) is 13.8 Å². The largest absolute Gasteiger partial charge is 0.316 e. The highest BCUT2D eigenvalue weighted by Gasteiger charge is 2.19. The number of hydrogen-bond donors (Lipinski definition) is 0. The van der Waals surface area contributed by atoms with Crippen LogP contribution in [0.15, 0.2) is 228 Å². The summed E-state index contributed by atoms with van der Waals surface area (Å²) in [6.45, 7) is 8.58. The number of anilines is 3. The normalized spacial score (nSPS) is 13.6. The molecule has 0 N–H and O–H groups in total. The summed E-state index contributed by atoms with van der Waals surface area (Å²) in [4.78, 5) is 4.62. The van der Waals surface area contributed by atoms with Crippen LogP contribution in [0.5, 0.6) is 0 Å². The fraction of sp³-hybridized carbons (Fsp3) is 0.107. The highest BCUT2D eigenvalue weighted by atomic mass is 15.1. The summed E-state index contributed by atoms with van der Waals surface area (Å²) in [5.41, 5.74) is 25.4. The van der Waals surface area contributed by atoms with E-state index >= 15 is 0 Å². The third-order valence-corrected chi connectivity index (χ3v) is 10.8. The van der Waals surface area contributed by atoms with E-state index in [1.165, 1.54) is 39.0 Å². The third-order valence-electron chi connectivity index (χ3n) is 10.8. The van der Waals surface area contributed by atoms with Crippen molar-refractivity contribution in [2.45, 2.75) is 40.5 Å². The zero-order chi connectivity index (χ0) is 39.8. The van der Waals surface area contributed by atoms with Crippen LogP contribution >= 0.6 is 0 Å². The van der Waals surface area contributed by atoms with Crippen LogP contribution in [0.1, 0.15) is 54.5 Å². The second-order valence-corrected chi connectivity index (χ2v) is 15.1. The highest BCUT2D eigenvalue weighted by molar-refractivity contribution is 5.86. The fourth-order valence-corrected chi connectivity index (χ4v) is 7.79. The molecule has 0 aliphatic heterocycles. The first-order valence-corrected chi connectivity index (χ1v) is 20.1. The number of allylic oxidation sites excluding steroid dienone is 8. The van der Waals surface area contributed by atoms with Crippen molar-refractivity contribution in [3.63, 3.8) is 0 Å². The summed E-state index contributed by atoms with van der Waals surface area (Å²) >= 11 is 0. The van der Waals surface area contributed by atoms with Crippen molar-refractivity contribution in [1.82, 2.24) is 0 Å². The van der Waals surface area contributed by atoms with Crippen molar-refractivity contribution < 1.29 is 0 Å². The molecule has 0 heterocycles. The SMILES string of the molecule is CC1=C=C=C(N(/C=C(\C2=CC=CCC2)c2ccccc2)c2ccc(-c3ccc(N(C=C(c4ccccc4)c4ccccc4)c4ccc(C)cc4C)cc3)cc2)C(C)=C1. The molecule has 0 unspecified atom stereocenters. The number of hydrogen-bond acceptors (Lipinski definition) is 2. The molecule has 2 heteroatoms. The molecule has 0 fully saturated rings. The second-order valence-electron chi connectivity index (χ2n) is 15.1. The Morgan fingerprint density at radius 2 is 1.09 bits per heavy atom. The van der Waals surface area contributed by atoms with Crippen LogP contribution < -0.4 is 9.80 Å². The minimum Gasteiger partial charge on any atom is -0.316 e. The first kappa shape index (κ1) is 37.8. The van der Waals surface area contributed by atoms with E-state index in [1.807, 2.05) is 0 Å². The lowest BCUT2D eigenvalue weighted by molar-refractivity contribution is 0.993. The predicted molar refractivity (Wildman–Crippen MR) is 247 cm³/mol. The van der Waals surface area contributed by atoms with E-state index in [0.29, 0.717) is 0 Å². The van der Waals surface area contributed by atoms with Crippen LogP contribution in [0.25, 0.3) is 22.3 Å². The summed E-state index contributed by atoms with van der Waals surface area (Å²) in [6, 6.07) is 56.6. The minimum atomic E-state index is 0.994. The summed E-state index contributed by atoms with van der Waals surface area (Å²) in [7, 11) is 0. The molecule has 282 valence electrons. The summed E-state index contributed by atoms with van der Waals surface area (Å²) < 4.78 is 0. The Kier molecular flexibility index (Phi) is 11.3. The number of nitrogens with zero attached hydrogens (tertiary/aromatic N) is 2. The van der Waals surface area contributed by atoms with E-state index in [-0.39, 0.29) is 0 Å². The highest BCUT2D eigenvalue weighted by Crippen LogP contribution is 2.37. The van der Waals surface area contributed by atoms with Gasteiger partial charge in [0.05, 0.1) is 5.70 Å². The second kappa shape index (κ2) is 17.4. The van der Waals surface area contributed by atoms with Crippen LogP contribution in [0.3, 0.4) is 0 Å². The topological polar surface area (TPSA) is 6.48 Å². The van der Waals surface area contributed by atoms with E-state index in [0.717, 1.165) is 63.4 Å². The Bertz CT molecular complexity index is 2630. The van der Waals surface area contributed by atoms with E-state index in [9.17, 15) is 0 Å². The average molecular weight is 749 g/mol. The van der Waals surface area contributed by atoms with Gasteiger partial charge in [0.1, 0.15) is 0 Å². The zero-order valence-corrected chi connectivity index (χ0v) is 33.8. The molecular formula is C56H48N2. The van der Waals surface area contributed by atoms with Crippen molar-refractivity contribution >= 4 is 28.2 Å². The monoisotopic (exact) mass is 748 g/mol. The van der Waals surface area contributed by atoms with Gasteiger partial charge in [-0.2, -0.15) is 0 Å². The van der Waals surface area contributed by atoms with Crippen molar-refractivity contribution in [1.29, 1.82) is 0 Å². The molecule has 0 atom stereocenters. The van der Waals surface area contributed by atoms with Gasteiger partial charge < -0.3 is 9.80 Å². The molecular weight excluding hydrogens is 701 g/mol. The number of benzene rings is 6. The first-order chi connectivity index (χ1) is 28.4. The summed E-state index contributed by atoms with van der Waals surface area (Å²) in [5.74, 6) is 0. The molecule has 2 aliphatic rings. The van der Waals surface area contributed by atoms with Gasteiger partial charge in [-0.25, -0.2) is 0 Å². The molecule has 8 rings (SSSR count). The van der Waals surface area contributed by atoms with E-state index in [1.54, 1.807) is 0 Å². The van der Waals surface area contributed by atoms with Gasteiger partial charge in [0.15, 0.2) is 0 Å². The average Bonchev–Trinajstić information content (AvgIpc) is 3.27. The summed E-state index contributed by atoms with van der Waals surface area (Å²) in [5, 5.41) is 0. The van der Waals surface area contributed by atoms with Crippen LogP contribution in [0.2, 0.25) is 0 Å². The van der Waals surface area contributed by atoms with Crippen LogP contribution in [-0.4, -0.2) is 0 Å². The first-order valence-electron chi connectivity index (χ1n) is 20.1. The van der Waals surface area contributed by atoms with Gasteiger partial charge in [-0.1, -0.05) is 157 Å². The van der Waals surface area contributed by atoms with Gasteiger partial charge in [-0.3, -0.25) is 0 Å². The van der Waals surface area contributed by atoms with Gasteiger partial charge in [0.25, 0.3) is 0 Å². The quantitative estimate of drug-likeness (QED) is 0.122. The summed E-state index contributed by atoms with van der Waals surface area (Å²) in [6.07, 6.45) is 15.5. The van der Waals surface area contributed by atoms with Gasteiger partial charge in [0, 0.05) is 40.6 Å². The Morgan fingerprint density at radius 3 is 1.60 bits per heavy atom. The minimum absolute atomic E-state index is 0.994. The molecule has 2 nitrogen and oxygen atoms in total. The molecule has 0 bridgehead atoms. The fourth-order valence-electron chi connectivity index (χ4n) is 7.79. The van der Waals surface area contributed by atoms with Crippen molar-refractivity contribution in [2.75, 3.05) is 9.80 Å². The molecule has 0 amide bonds. The molecule has 0 aromatic heterocycles. The van der Waals surface area contributed by atoms with Gasteiger partial charge in [0.2, 0.25) is 0 Å². The van der Waals surface area contributed by atoms with E-state index < -0.39 is 0 Å². The van der Waals surface area contributed by atoms with Crippen LogP contribution in [-0.2, 0) is 0 Å². The maximum atomic E-state index is 3.49. The Balaban J connectivity index is 1.18. The molecule has 0 saturated carbocycles. The Morgan fingerprint density at radius 1 is 0.552 bits per heavy atom. The molecule has 0 radical (unpaired) electrons. The van der Waals surface area contributed by atoms with Gasteiger partial charge in [-0.05, 0) is 133 Å². The molecule has 58 heavy (non-hydrogen) atoms. The van der Waals surface area contributed by atoms with Gasteiger partial charge >= 0.3 is 0 Å². The van der Waals surface area contributed by atoms with Crippen LogP contribution in [0.4, 0.5) is 17.1 Å².